The number of halogens is 2. The van der Waals surface area contributed by atoms with Crippen molar-refractivity contribution in [1.29, 1.82) is 0 Å². The van der Waals surface area contributed by atoms with Crippen molar-refractivity contribution in [3.05, 3.63) is 47.0 Å². The Morgan fingerprint density at radius 1 is 1.23 bits per heavy atom. The Balaban J connectivity index is 0.00000243. The molecule has 2 aromatic rings. The molecule has 142 valence electrons. The van der Waals surface area contributed by atoms with Crippen molar-refractivity contribution >= 4 is 18.3 Å². The van der Waals surface area contributed by atoms with Crippen molar-refractivity contribution in [1.82, 2.24) is 20.0 Å². The zero-order valence-corrected chi connectivity index (χ0v) is 16.3. The van der Waals surface area contributed by atoms with Crippen LogP contribution in [0.4, 0.5) is 4.39 Å². The molecule has 1 fully saturated rings. The Bertz CT molecular complexity index is 752. The summed E-state index contributed by atoms with van der Waals surface area (Å²) in [7, 11) is 1.97. The summed E-state index contributed by atoms with van der Waals surface area (Å²) in [6.45, 7) is 6.32. The molecule has 0 aliphatic carbocycles. The fraction of sp³-hybridized carbons (Fsp3) is 0.474. The fourth-order valence-electron chi connectivity index (χ4n) is 3.57. The van der Waals surface area contributed by atoms with Gasteiger partial charge in [-0.15, -0.1) is 12.4 Å². The standard InChI is InChI=1S/C19H25FN4O.ClH/c1-13-18(19(25)23-10-8-15(9-11-23)12-21-3)14(2)24(22-13)17-6-4-16(20)5-7-17;/h4-7,15,21H,8-12H2,1-3H3;1H. The molecular weight excluding hydrogens is 355 g/mol. The molecule has 3 rings (SSSR count). The summed E-state index contributed by atoms with van der Waals surface area (Å²) in [6.07, 6.45) is 2.05. The monoisotopic (exact) mass is 380 g/mol. The van der Waals surface area contributed by atoms with Gasteiger partial charge in [-0.05, 0) is 70.5 Å². The van der Waals surface area contributed by atoms with E-state index in [0.29, 0.717) is 17.2 Å². The summed E-state index contributed by atoms with van der Waals surface area (Å²) in [5, 5.41) is 7.72. The summed E-state index contributed by atoms with van der Waals surface area (Å²) in [5.74, 6) is 0.399. The maximum atomic E-state index is 13.2. The van der Waals surface area contributed by atoms with Crippen LogP contribution in [0.1, 0.15) is 34.6 Å². The molecular formula is C19H26ClFN4O. The predicted molar refractivity (Wildman–Crippen MR) is 103 cm³/mol. The number of nitrogens with one attached hydrogen (secondary N) is 1. The maximum absolute atomic E-state index is 13.2. The van der Waals surface area contributed by atoms with E-state index < -0.39 is 0 Å². The molecule has 0 radical (unpaired) electrons. The van der Waals surface area contributed by atoms with Gasteiger partial charge >= 0.3 is 0 Å². The van der Waals surface area contributed by atoms with E-state index in [1.807, 2.05) is 25.8 Å². The van der Waals surface area contributed by atoms with Crippen LogP contribution in [0.15, 0.2) is 24.3 Å². The molecule has 0 bridgehead atoms. The fourth-order valence-corrected chi connectivity index (χ4v) is 3.57. The lowest BCUT2D eigenvalue weighted by Gasteiger charge is -2.32. The first-order valence-electron chi connectivity index (χ1n) is 8.77. The van der Waals surface area contributed by atoms with Crippen molar-refractivity contribution in [2.24, 2.45) is 5.92 Å². The molecule has 0 saturated carbocycles. The lowest BCUT2D eigenvalue weighted by atomic mass is 9.96. The van der Waals surface area contributed by atoms with E-state index >= 15 is 0 Å². The maximum Gasteiger partial charge on any atom is 0.257 e. The number of carbonyl (C=O) groups is 1. The number of aryl methyl sites for hydroxylation is 1. The Labute approximate surface area is 160 Å². The Kier molecular flexibility index (Phi) is 6.78. The molecule has 1 aliphatic heterocycles. The molecule has 26 heavy (non-hydrogen) atoms. The summed E-state index contributed by atoms with van der Waals surface area (Å²) < 4.78 is 14.9. The first-order valence-corrected chi connectivity index (χ1v) is 8.77. The quantitative estimate of drug-likeness (QED) is 0.886. The van der Waals surface area contributed by atoms with Crippen LogP contribution in [-0.4, -0.2) is 47.3 Å². The van der Waals surface area contributed by atoms with Gasteiger partial charge in [-0.25, -0.2) is 9.07 Å². The highest BCUT2D eigenvalue weighted by molar-refractivity contribution is 5.96. The highest BCUT2D eigenvalue weighted by atomic mass is 35.5. The molecule has 2 heterocycles. The van der Waals surface area contributed by atoms with Crippen LogP contribution in [0.5, 0.6) is 0 Å². The van der Waals surface area contributed by atoms with Crippen LogP contribution in [0, 0.1) is 25.6 Å². The second-order valence-electron chi connectivity index (χ2n) is 6.73. The van der Waals surface area contributed by atoms with Gasteiger partial charge in [-0.1, -0.05) is 0 Å². The zero-order chi connectivity index (χ0) is 18.0. The minimum absolute atomic E-state index is 0. The number of hydrogen-bond acceptors (Lipinski definition) is 3. The molecule has 1 N–H and O–H groups in total. The molecule has 0 unspecified atom stereocenters. The van der Waals surface area contributed by atoms with Gasteiger partial charge in [0.25, 0.3) is 5.91 Å². The number of likely N-dealkylation sites (tertiary alicyclic amines) is 1. The van der Waals surface area contributed by atoms with E-state index in [1.165, 1.54) is 12.1 Å². The number of amides is 1. The second kappa shape index (κ2) is 8.64. The van der Waals surface area contributed by atoms with Crippen molar-refractivity contribution < 1.29 is 9.18 Å². The number of nitrogens with zero attached hydrogens (tertiary/aromatic N) is 3. The lowest BCUT2D eigenvalue weighted by Crippen LogP contribution is -2.40. The van der Waals surface area contributed by atoms with E-state index in [0.717, 1.165) is 43.9 Å². The highest BCUT2D eigenvalue weighted by Gasteiger charge is 2.27. The molecule has 1 aliphatic rings. The third-order valence-corrected chi connectivity index (χ3v) is 4.97. The largest absolute Gasteiger partial charge is 0.339 e. The van der Waals surface area contributed by atoms with Gasteiger partial charge in [0.2, 0.25) is 0 Å². The number of rotatable bonds is 4. The zero-order valence-electron chi connectivity index (χ0n) is 15.5. The van der Waals surface area contributed by atoms with Crippen LogP contribution in [0.3, 0.4) is 0 Å². The molecule has 0 spiro atoms. The molecule has 1 saturated heterocycles. The third kappa shape index (κ3) is 4.07. The second-order valence-corrected chi connectivity index (χ2v) is 6.73. The van der Waals surface area contributed by atoms with Crippen LogP contribution >= 0.6 is 12.4 Å². The van der Waals surface area contributed by atoms with E-state index in [1.54, 1.807) is 16.8 Å². The average molecular weight is 381 g/mol. The summed E-state index contributed by atoms with van der Waals surface area (Å²) >= 11 is 0. The van der Waals surface area contributed by atoms with Gasteiger partial charge in [0.05, 0.1) is 22.6 Å². The first kappa shape index (κ1) is 20.4. The van der Waals surface area contributed by atoms with Crippen LogP contribution in [0.25, 0.3) is 5.69 Å². The highest BCUT2D eigenvalue weighted by Crippen LogP contribution is 2.23. The van der Waals surface area contributed by atoms with Crippen molar-refractivity contribution in [3.8, 4) is 5.69 Å². The van der Waals surface area contributed by atoms with E-state index in [-0.39, 0.29) is 24.1 Å². The molecule has 1 amide bonds. The van der Waals surface area contributed by atoms with E-state index in [9.17, 15) is 9.18 Å². The van der Waals surface area contributed by atoms with E-state index in [4.69, 9.17) is 0 Å². The Morgan fingerprint density at radius 2 is 1.85 bits per heavy atom. The van der Waals surface area contributed by atoms with Gasteiger partial charge < -0.3 is 10.2 Å². The van der Waals surface area contributed by atoms with Gasteiger partial charge in [-0.2, -0.15) is 5.10 Å². The molecule has 0 atom stereocenters. The number of aromatic nitrogens is 2. The Hall–Kier alpha value is -1.92. The molecule has 1 aromatic carbocycles. The Morgan fingerprint density at radius 3 is 2.42 bits per heavy atom. The SMILES string of the molecule is CNCC1CCN(C(=O)c2c(C)nn(-c3ccc(F)cc3)c2C)CC1.Cl. The number of hydrogen-bond donors (Lipinski definition) is 1. The summed E-state index contributed by atoms with van der Waals surface area (Å²) in [6, 6.07) is 6.15. The number of piperidine rings is 1. The van der Waals surface area contributed by atoms with Crippen molar-refractivity contribution in [2.45, 2.75) is 26.7 Å². The molecule has 1 aromatic heterocycles. The molecule has 5 nitrogen and oxygen atoms in total. The van der Waals surface area contributed by atoms with E-state index in [2.05, 4.69) is 10.4 Å². The number of carbonyl (C=O) groups excluding carboxylic acids is 1. The lowest BCUT2D eigenvalue weighted by molar-refractivity contribution is 0.0689. The molecule has 7 heteroatoms. The van der Waals surface area contributed by atoms with Crippen molar-refractivity contribution in [2.75, 3.05) is 26.7 Å². The van der Waals surface area contributed by atoms with Crippen molar-refractivity contribution in [3.63, 3.8) is 0 Å². The van der Waals surface area contributed by atoms with Gasteiger partial charge in [0.1, 0.15) is 5.82 Å². The summed E-state index contributed by atoms with van der Waals surface area (Å²) in [5.41, 5.74) is 2.93. The first-order chi connectivity index (χ1) is 12.0. The normalized spacial score (nSPS) is 15.0. The average Bonchev–Trinajstić information content (AvgIpc) is 2.90. The minimum atomic E-state index is -0.286. The summed E-state index contributed by atoms with van der Waals surface area (Å²) in [4.78, 5) is 14.9. The predicted octanol–water partition coefficient (Wildman–Crippen LogP) is 3.12. The smallest absolute Gasteiger partial charge is 0.257 e. The van der Waals surface area contributed by atoms with Crippen LogP contribution in [-0.2, 0) is 0 Å². The van der Waals surface area contributed by atoms with Gasteiger partial charge in [-0.3, -0.25) is 4.79 Å². The topological polar surface area (TPSA) is 50.2 Å². The third-order valence-electron chi connectivity index (χ3n) is 4.97. The number of benzene rings is 1. The van der Waals surface area contributed by atoms with Crippen LogP contribution in [0.2, 0.25) is 0 Å². The minimum Gasteiger partial charge on any atom is -0.339 e. The van der Waals surface area contributed by atoms with Gasteiger partial charge in [0.15, 0.2) is 0 Å². The van der Waals surface area contributed by atoms with Crippen LogP contribution < -0.4 is 5.32 Å². The van der Waals surface area contributed by atoms with Gasteiger partial charge in [0, 0.05) is 13.1 Å².